The fourth-order valence-electron chi connectivity index (χ4n) is 2.17. The van der Waals surface area contributed by atoms with Crippen molar-refractivity contribution in [3.05, 3.63) is 0 Å². The Kier molecular flexibility index (Phi) is 4.00. The van der Waals surface area contributed by atoms with Gasteiger partial charge in [-0.25, -0.2) is 0 Å². The fourth-order valence-corrected chi connectivity index (χ4v) is 2.17. The molecule has 1 rings (SSSR count). The zero-order chi connectivity index (χ0) is 11.6. The number of halogens is 3. The van der Waals surface area contributed by atoms with Crippen molar-refractivity contribution in [3.8, 4) is 0 Å². The molecule has 0 aromatic heterocycles. The Morgan fingerprint density at radius 3 is 2.40 bits per heavy atom. The molecule has 3 unspecified atom stereocenters. The highest BCUT2D eigenvalue weighted by molar-refractivity contribution is 4.90. The van der Waals surface area contributed by atoms with E-state index >= 15 is 0 Å². The standard InChI is InChI=1S/C10H19F3N2/c1-3-8(14)9(10(11,12)13)15-5-4-7(2)6-15/h7-9H,3-6,14H2,1-2H3. The summed E-state index contributed by atoms with van der Waals surface area (Å²) in [6, 6.07) is -2.28. The van der Waals surface area contributed by atoms with Crippen LogP contribution in [0.1, 0.15) is 26.7 Å². The third kappa shape index (κ3) is 3.08. The fraction of sp³-hybridized carbons (Fsp3) is 1.00. The van der Waals surface area contributed by atoms with Gasteiger partial charge in [-0.3, -0.25) is 4.90 Å². The van der Waals surface area contributed by atoms with Gasteiger partial charge in [0.05, 0.1) is 0 Å². The Hall–Kier alpha value is -0.290. The minimum absolute atomic E-state index is 0.346. The molecule has 0 amide bonds. The lowest BCUT2D eigenvalue weighted by atomic mass is 10.0. The van der Waals surface area contributed by atoms with Gasteiger partial charge < -0.3 is 5.73 Å². The van der Waals surface area contributed by atoms with Gasteiger partial charge >= 0.3 is 6.18 Å². The average molecular weight is 224 g/mol. The molecular weight excluding hydrogens is 205 g/mol. The highest BCUT2D eigenvalue weighted by Gasteiger charge is 2.47. The number of alkyl halides is 3. The summed E-state index contributed by atoms with van der Waals surface area (Å²) in [6.07, 6.45) is -3.02. The molecule has 0 radical (unpaired) electrons. The van der Waals surface area contributed by atoms with E-state index < -0.39 is 18.3 Å². The molecule has 1 aliphatic heterocycles. The number of rotatable bonds is 3. The van der Waals surface area contributed by atoms with Crippen LogP contribution in [0.4, 0.5) is 13.2 Å². The largest absolute Gasteiger partial charge is 0.405 e. The van der Waals surface area contributed by atoms with Gasteiger partial charge in [0.15, 0.2) is 0 Å². The minimum Gasteiger partial charge on any atom is -0.326 e. The molecule has 1 saturated heterocycles. The van der Waals surface area contributed by atoms with Crippen LogP contribution in [0.5, 0.6) is 0 Å². The first-order valence-electron chi connectivity index (χ1n) is 5.42. The molecule has 0 aliphatic carbocycles. The van der Waals surface area contributed by atoms with Crippen LogP contribution in [-0.4, -0.2) is 36.2 Å². The van der Waals surface area contributed by atoms with Crippen LogP contribution in [0, 0.1) is 5.92 Å². The van der Waals surface area contributed by atoms with Crippen molar-refractivity contribution in [2.75, 3.05) is 13.1 Å². The highest BCUT2D eigenvalue weighted by Crippen LogP contribution is 2.31. The normalized spacial score (nSPS) is 28.0. The second-order valence-electron chi connectivity index (χ2n) is 4.45. The van der Waals surface area contributed by atoms with Gasteiger partial charge in [0.2, 0.25) is 0 Å². The third-order valence-corrected chi connectivity index (χ3v) is 3.06. The molecule has 90 valence electrons. The maximum absolute atomic E-state index is 12.8. The molecule has 1 heterocycles. The number of nitrogens with two attached hydrogens (primary N) is 1. The van der Waals surface area contributed by atoms with E-state index in [9.17, 15) is 13.2 Å². The lowest BCUT2D eigenvalue weighted by Gasteiger charge is -2.33. The maximum Gasteiger partial charge on any atom is 0.405 e. The van der Waals surface area contributed by atoms with Crippen molar-refractivity contribution in [1.29, 1.82) is 0 Å². The lowest BCUT2D eigenvalue weighted by molar-refractivity contribution is -0.187. The lowest BCUT2D eigenvalue weighted by Crippen LogP contribution is -2.55. The Bertz CT molecular complexity index is 205. The summed E-state index contributed by atoms with van der Waals surface area (Å²) < 4.78 is 38.4. The first-order chi connectivity index (χ1) is 6.86. The molecule has 0 bridgehead atoms. The Morgan fingerprint density at radius 2 is 2.07 bits per heavy atom. The zero-order valence-corrected chi connectivity index (χ0v) is 9.22. The SMILES string of the molecule is CCC(N)C(N1CCC(C)C1)C(F)(F)F. The van der Waals surface area contributed by atoms with E-state index in [2.05, 4.69) is 0 Å². The summed E-state index contributed by atoms with van der Waals surface area (Å²) in [5.74, 6) is 0.346. The van der Waals surface area contributed by atoms with E-state index in [1.54, 1.807) is 6.92 Å². The molecular formula is C10H19F3N2. The number of hydrogen-bond donors (Lipinski definition) is 1. The molecule has 3 atom stereocenters. The quantitative estimate of drug-likeness (QED) is 0.794. The summed E-state index contributed by atoms with van der Waals surface area (Å²) in [6.45, 7) is 4.70. The molecule has 2 N–H and O–H groups in total. The van der Waals surface area contributed by atoms with Gasteiger partial charge in [-0.05, 0) is 25.3 Å². The van der Waals surface area contributed by atoms with E-state index in [-0.39, 0.29) is 0 Å². The maximum atomic E-state index is 12.8. The second kappa shape index (κ2) is 4.70. The van der Waals surface area contributed by atoms with Gasteiger partial charge in [0, 0.05) is 12.6 Å². The van der Waals surface area contributed by atoms with Gasteiger partial charge in [0.25, 0.3) is 0 Å². The molecule has 0 aromatic rings. The molecule has 1 aliphatic rings. The van der Waals surface area contributed by atoms with Crippen LogP contribution in [-0.2, 0) is 0 Å². The molecule has 5 heteroatoms. The summed E-state index contributed by atoms with van der Waals surface area (Å²) in [7, 11) is 0. The summed E-state index contributed by atoms with van der Waals surface area (Å²) in [5.41, 5.74) is 5.57. The molecule has 1 fully saturated rings. The molecule has 0 spiro atoms. The van der Waals surface area contributed by atoms with E-state index in [0.717, 1.165) is 6.42 Å². The molecule has 0 saturated carbocycles. The van der Waals surface area contributed by atoms with Crippen LogP contribution >= 0.6 is 0 Å². The van der Waals surface area contributed by atoms with Crippen molar-refractivity contribution < 1.29 is 13.2 Å². The van der Waals surface area contributed by atoms with Crippen molar-refractivity contribution >= 4 is 0 Å². The topological polar surface area (TPSA) is 29.3 Å². The molecule has 0 aromatic carbocycles. The smallest absolute Gasteiger partial charge is 0.326 e. The van der Waals surface area contributed by atoms with Gasteiger partial charge in [-0.15, -0.1) is 0 Å². The number of hydrogen-bond acceptors (Lipinski definition) is 2. The summed E-state index contributed by atoms with van der Waals surface area (Å²) in [4.78, 5) is 1.48. The average Bonchev–Trinajstić information content (AvgIpc) is 2.49. The van der Waals surface area contributed by atoms with Crippen LogP contribution in [0.25, 0.3) is 0 Å². The van der Waals surface area contributed by atoms with Crippen molar-refractivity contribution in [2.24, 2.45) is 11.7 Å². The Morgan fingerprint density at radius 1 is 1.47 bits per heavy atom. The third-order valence-electron chi connectivity index (χ3n) is 3.06. The van der Waals surface area contributed by atoms with E-state index in [4.69, 9.17) is 5.73 Å². The summed E-state index contributed by atoms with van der Waals surface area (Å²) in [5, 5.41) is 0. The van der Waals surface area contributed by atoms with Crippen molar-refractivity contribution in [2.45, 2.75) is 44.9 Å². The van der Waals surface area contributed by atoms with Gasteiger partial charge in [-0.1, -0.05) is 13.8 Å². The van der Waals surface area contributed by atoms with Crippen LogP contribution in [0.2, 0.25) is 0 Å². The Balaban J connectivity index is 2.73. The number of likely N-dealkylation sites (tertiary alicyclic amines) is 1. The summed E-state index contributed by atoms with van der Waals surface area (Å²) >= 11 is 0. The monoisotopic (exact) mass is 224 g/mol. The molecule has 15 heavy (non-hydrogen) atoms. The zero-order valence-electron chi connectivity index (χ0n) is 9.22. The van der Waals surface area contributed by atoms with Crippen LogP contribution < -0.4 is 5.73 Å². The van der Waals surface area contributed by atoms with Crippen molar-refractivity contribution in [1.82, 2.24) is 4.90 Å². The predicted molar refractivity (Wildman–Crippen MR) is 53.5 cm³/mol. The Labute approximate surface area is 88.6 Å². The van der Waals surface area contributed by atoms with Crippen LogP contribution in [0.3, 0.4) is 0 Å². The second-order valence-corrected chi connectivity index (χ2v) is 4.45. The van der Waals surface area contributed by atoms with Crippen LogP contribution in [0.15, 0.2) is 0 Å². The molecule has 2 nitrogen and oxygen atoms in total. The van der Waals surface area contributed by atoms with E-state index in [0.29, 0.717) is 25.4 Å². The minimum atomic E-state index is -4.21. The first kappa shape index (κ1) is 12.8. The van der Waals surface area contributed by atoms with Gasteiger partial charge in [-0.2, -0.15) is 13.2 Å². The first-order valence-corrected chi connectivity index (χ1v) is 5.42. The van der Waals surface area contributed by atoms with E-state index in [1.165, 1.54) is 4.90 Å². The highest BCUT2D eigenvalue weighted by atomic mass is 19.4. The van der Waals surface area contributed by atoms with E-state index in [1.807, 2.05) is 6.92 Å². The van der Waals surface area contributed by atoms with Gasteiger partial charge in [0.1, 0.15) is 6.04 Å². The number of nitrogens with zero attached hydrogens (tertiary/aromatic N) is 1. The van der Waals surface area contributed by atoms with Crippen molar-refractivity contribution in [3.63, 3.8) is 0 Å². The predicted octanol–water partition coefficient (Wildman–Crippen LogP) is 2.00.